The number of carbonyl (C=O) groups excluding carboxylic acids is 1. The minimum absolute atomic E-state index is 0.00685. The highest BCUT2D eigenvalue weighted by molar-refractivity contribution is 5.91. The average Bonchev–Trinajstić information content (AvgIpc) is 2.97. The number of aryl methyl sites for hydroxylation is 1. The molecule has 3 rings (SSSR count). The monoisotopic (exact) mass is 359 g/mol. The van der Waals surface area contributed by atoms with Crippen molar-refractivity contribution in [2.75, 3.05) is 18.4 Å². The highest BCUT2D eigenvalue weighted by atomic mass is 16.4. The van der Waals surface area contributed by atoms with E-state index in [1.165, 1.54) is 12.3 Å². The van der Waals surface area contributed by atoms with E-state index in [9.17, 15) is 9.59 Å². The lowest BCUT2D eigenvalue weighted by Gasteiger charge is -2.34. The predicted molar refractivity (Wildman–Crippen MR) is 98.2 cm³/mol. The summed E-state index contributed by atoms with van der Waals surface area (Å²) in [7, 11) is 0. The Balaban J connectivity index is 1.83. The smallest absolute Gasteiger partial charge is 0.337 e. The molecule has 0 aromatic carbocycles. The first-order valence-corrected chi connectivity index (χ1v) is 9.05. The van der Waals surface area contributed by atoms with Gasteiger partial charge >= 0.3 is 5.97 Å². The van der Waals surface area contributed by atoms with Crippen LogP contribution in [-0.2, 0) is 11.3 Å². The molecule has 1 unspecified atom stereocenters. The van der Waals surface area contributed by atoms with Crippen LogP contribution in [0.2, 0.25) is 0 Å². The number of carbonyl (C=O) groups is 2. The van der Waals surface area contributed by atoms with Crippen molar-refractivity contribution in [1.82, 2.24) is 19.4 Å². The number of likely N-dealkylation sites (tertiary alicyclic amines) is 1. The highest BCUT2D eigenvalue weighted by Crippen LogP contribution is 2.22. The summed E-state index contributed by atoms with van der Waals surface area (Å²) in [5, 5.41) is 12.6. The third-order valence-corrected chi connectivity index (χ3v) is 4.71. The second-order valence-corrected chi connectivity index (χ2v) is 6.97. The van der Waals surface area contributed by atoms with Crippen LogP contribution in [0.15, 0.2) is 12.3 Å². The molecule has 8 heteroatoms. The molecule has 2 aromatic rings. The van der Waals surface area contributed by atoms with E-state index in [1.54, 1.807) is 0 Å². The first kappa shape index (κ1) is 18.2. The second-order valence-electron chi connectivity index (χ2n) is 6.97. The molecule has 0 aliphatic carbocycles. The fourth-order valence-electron chi connectivity index (χ4n) is 3.38. The Morgan fingerprint density at radius 3 is 2.85 bits per heavy atom. The molecule has 2 N–H and O–H groups in total. The number of nitrogens with one attached hydrogen (secondary N) is 1. The third kappa shape index (κ3) is 3.49. The van der Waals surface area contributed by atoms with Crippen molar-refractivity contribution < 1.29 is 14.7 Å². The van der Waals surface area contributed by atoms with Crippen LogP contribution in [0.25, 0.3) is 11.2 Å². The molecule has 3 heterocycles. The SMILES string of the molecule is CCn1c(NC2CCCN(C(=O)C(C)C)C2)nc2cc(C(=O)O)cnc21. The largest absolute Gasteiger partial charge is 0.478 e. The third-order valence-electron chi connectivity index (χ3n) is 4.71. The Kier molecular flexibility index (Phi) is 5.11. The molecule has 0 radical (unpaired) electrons. The normalized spacial score (nSPS) is 17.7. The molecule has 2 aromatic heterocycles. The number of carboxylic acids is 1. The fraction of sp³-hybridized carbons (Fsp3) is 0.556. The Morgan fingerprint density at radius 2 is 2.19 bits per heavy atom. The number of nitrogens with zero attached hydrogens (tertiary/aromatic N) is 4. The summed E-state index contributed by atoms with van der Waals surface area (Å²) in [6.07, 6.45) is 3.26. The number of hydrogen-bond acceptors (Lipinski definition) is 5. The zero-order valence-electron chi connectivity index (χ0n) is 15.4. The molecular formula is C18H25N5O3. The van der Waals surface area contributed by atoms with Crippen LogP contribution in [0.1, 0.15) is 44.0 Å². The number of pyridine rings is 1. The van der Waals surface area contributed by atoms with E-state index in [1.807, 2.05) is 30.2 Å². The van der Waals surface area contributed by atoms with Gasteiger partial charge in [-0.2, -0.15) is 0 Å². The summed E-state index contributed by atoms with van der Waals surface area (Å²) in [5.41, 5.74) is 1.34. The van der Waals surface area contributed by atoms with Crippen LogP contribution in [0.5, 0.6) is 0 Å². The van der Waals surface area contributed by atoms with E-state index in [0.29, 0.717) is 30.2 Å². The molecule has 1 fully saturated rings. The lowest BCUT2D eigenvalue weighted by Crippen LogP contribution is -2.46. The van der Waals surface area contributed by atoms with Gasteiger partial charge in [-0.05, 0) is 25.8 Å². The van der Waals surface area contributed by atoms with Crippen molar-refractivity contribution in [3.8, 4) is 0 Å². The number of amides is 1. The zero-order valence-corrected chi connectivity index (χ0v) is 15.4. The number of hydrogen-bond donors (Lipinski definition) is 2. The lowest BCUT2D eigenvalue weighted by molar-refractivity contribution is -0.135. The van der Waals surface area contributed by atoms with Gasteiger partial charge in [-0.25, -0.2) is 14.8 Å². The van der Waals surface area contributed by atoms with Gasteiger partial charge in [0.05, 0.1) is 5.56 Å². The fourth-order valence-corrected chi connectivity index (χ4v) is 3.38. The van der Waals surface area contributed by atoms with E-state index in [-0.39, 0.29) is 23.4 Å². The molecule has 1 aliphatic heterocycles. The predicted octanol–water partition coefficient (Wildman–Crippen LogP) is 2.21. The minimum atomic E-state index is -1.02. The topological polar surface area (TPSA) is 100 Å². The number of imidazole rings is 1. The van der Waals surface area contributed by atoms with Gasteiger partial charge in [-0.15, -0.1) is 0 Å². The Hall–Kier alpha value is -2.64. The van der Waals surface area contributed by atoms with Crippen molar-refractivity contribution in [2.45, 2.75) is 46.2 Å². The molecule has 1 aliphatic rings. The Bertz CT molecular complexity index is 830. The number of aromatic nitrogens is 3. The number of anilines is 1. The van der Waals surface area contributed by atoms with E-state index in [2.05, 4.69) is 15.3 Å². The zero-order chi connectivity index (χ0) is 18.8. The summed E-state index contributed by atoms with van der Waals surface area (Å²) in [5.74, 6) is -0.183. The number of fused-ring (bicyclic) bond motifs is 1. The van der Waals surface area contributed by atoms with Crippen molar-refractivity contribution in [2.24, 2.45) is 5.92 Å². The van der Waals surface area contributed by atoms with E-state index < -0.39 is 5.97 Å². The van der Waals surface area contributed by atoms with Crippen LogP contribution in [0.4, 0.5) is 5.95 Å². The number of rotatable bonds is 5. The van der Waals surface area contributed by atoms with Crippen LogP contribution in [0.3, 0.4) is 0 Å². The van der Waals surface area contributed by atoms with Gasteiger partial charge in [-0.3, -0.25) is 9.36 Å². The molecule has 1 saturated heterocycles. The summed E-state index contributed by atoms with van der Waals surface area (Å²) >= 11 is 0. The van der Waals surface area contributed by atoms with E-state index in [0.717, 1.165) is 19.4 Å². The van der Waals surface area contributed by atoms with Gasteiger partial charge in [-0.1, -0.05) is 13.8 Å². The Morgan fingerprint density at radius 1 is 1.42 bits per heavy atom. The maximum Gasteiger partial charge on any atom is 0.337 e. The van der Waals surface area contributed by atoms with Crippen LogP contribution < -0.4 is 5.32 Å². The van der Waals surface area contributed by atoms with Gasteiger partial charge < -0.3 is 15.3 Å². The van der Waals surface area contributed by atoms with Gasteiger partial charge in [0.25, 0.3) is 0 Å². The minimum Gasteiger partial charge on any atom is -0.478 e. The second kappa shape index (κ2) is 7.31. The molecule has 0 spiro atoms. The van der Waals surface area contributed by atoms with Crippen LogP contribution in [0, 0.1) is 5.92 Å². The molecule has 0 bridgehead atoms. The number of carboxylic acid groups (broad SMARTS) is 1. The molecular weight excluding hydrogens is 334 g/mol. The average molecular weight is 359 g/mol. The van der Waals surface area contributed by atoms with Crippen molar-refractivity contribution in [3.05, 3.63) is 17.8 Å². The van der Waals surface area contributed by atoms with Gasteiger partial charge in [0.1, 0.15) is 5.52 Å². The van der Waals surface area contributed by atoms with Gasteiger partial charge in [0.15, 0.2) is 5.65 Å². The Labute approximate surface area is 152 Å². The first-order valence-electron chi connectivity index (χ1n) is 9.05. The van der Waals surface area contributed by atoms with E-state index >= 15 is 0 Å². The molecule has 1 amide bonds. The van der Waals surface area contributed by atoms with Crippen LogP contribution in [-0.4, -0.2) is 55.5 Å². The number of aromatic carboxylic acids is 1. The maximum atomic E-state index is 12.3. The van der Waals surface area contributed by atoms with Gasteiger partial charge in [0.2, 0.25) is 11.9 Å². The van der Waals surface area contributed by atoms with Crippen molar-refractivity contribution in [1.29, 1.82) is 0 Å². The maximum absolute atomic E-state index is 12.3. The number of piperidine rings is 1. The molecule has 1 atom stereocenters. The first-order chi connectivity index (χ1) is 12.4. The summed E-state index contributed by atoms with van der Waals surface area (Å²) in [4.78, 5) is 34.1. The van der Waals surface area contributed by atoms with Gasteiger partial charge in [0, 0.05) is 37.8 Å². The molecule has 0 saturated carbocycles. The standard InChI is InChI=1S/C18H25N5O3/c1-4-23-15-14(8-12(9-19-15)17(25)26)21-18(23)20-13-6-5-7-22(10-13)16(24)11(2)3/h8-9,11,13H,4-7,10H2,1-3H3,(H,20,21)(H,25,26). The molecule has 8 nitrogen and oxygen atoms in total. The van der Waals surface area contributed by atoms with Crippen molar-refractivity contribution in [3.63, 3.8) is 0 Å². The molecule has 140 valence electrons. The summed E-state index contributed by atoms with van der Waals surface area (Å²) < 4.78 is 1.93. The quantitative estimate of drug-likeness (QED) is 0.849. The molecule has 26 heavy (non-hydrogen) atoms. The van der Waals surface area contributed by atoms with Crippen LogP contribution >= 0.6 is 0 Å². The summed E-state index contributed by atoms with van der Waals surface area (Å²) in [6.45, 7) is 7.94. The summed E-state index contributed by atoms with van der Waals surface area (Å²) in [6, 6.07) is 1.66. The highest BCUT2D eigenvalue weighted by Gasteiger charge is 2.26. The lowest BCUT2D eigenvalue weighted by atomic mass is 10.0. The van der Waals surface area contributed by atoms with E-state index in [4.69, 9.17) is 5.11 Å². The van der Waals surface area contributed by atoms with Crippen molar-refractivity contribution >= 4 is 29.0 Å².